The molecule has 0 saturated carbocycles. The van der Waals surface area contributed by atoms with Crippen molar-refractivity contribution in [2.24, 2.45) is 0 Å². The van der Waals surface area contributed by atoms with Crippen LogP contribution in [0.5, 0.6) is 23.0 Å². The number of ether oxygens (including phenoxy) is 4. The molecule has 4 rings (SSSR count). The van der Waals surface area contributed by atoms with Gasteiger partial charge in [0.1, 0.15) is 17.9 Å². The van der Waals surface area contributed by atoms with Crippen LogP contribution in [0, 0.1) is 0 Å². The molecular weight excluding hydrogens is 486 g/mol. The van der Waals surface area contributed by atoms with Crippen molar-refractivity contribution in [3.8, 4) is 28.9 Å². The van der Waals surface area contributed by atoms with Crippen LogP contribution >= 0.6 is 11.6 Å². The maximum Gasteiger partial charge on any atom is 0.236 e. The second-order valence-corrected chi connectivity index (χ2v) is 7.88. The molecule has 0 aliphatic carbocycles. The number of benzene rings is 2. The second kappa shape index (κ2) is 11.0. The van der Waals surface area contributed by atoms with Gasteiger partial charge in [0.2, 0.25) is 11.7 Å². The number of hydrogen-bond acceptors (Lipinski definition) is 9. The molecule has 0 radical (unpaired) electrons. The molecule has 186 valence electrons. The van der Waals surface area contributed by atoms with Crippen LogP contribution in [0.3, 0.4) is 0 Å². The van der Waals surface area contributed by atoms with Gasteiger partial charge >= 0.3 is 0 Å². The van der Waals surface area contributed by atoms with E-state index in [4.69, 9.17) is 30.5 Å². The molecule has 0 bridgehead atoms. The van der Waals surface area contributed by atoms with Crippen molar-refractivity contribution >= 4 is 23.2 Å². The van der Waals surface area contributed by atoms with Gasteiger partial charge in [-0.3, -0.25) is 9.36 Å². The largest absolute Gasteiger partial charge is 0.495 e. The van der Waals surface area contributed by atoms with Crippen LogP contribution in [-0.2, 0) is 6.54 Å². The maximum atomic E-state index is 13.6. The lowest BCUT2D eigenvalue weighted by atomic mass is 10.0. The van der Waals surface area contributed by atoms with E-state index in [9.17, 15) is 4.79 Å². The Kier molecular flexibility index (Phi) is 7.55. The van der Waals surface area contributed by atoms with Gasteiger partial charge in [0.05, 0.1) is 39.0 Å². The Morgan fingerprint density at radius 1 is 1.00 bits per heavy atom. The Hall–Kier alpha value is -4.31. The average molecular weight is 510 g/mol. The Labute approximate surface area is 212 Å². The first kappa shape index (κ1) is 24.8. The number of aromatic nitrogens is 4. The van der Waals surface area contributed by atoms with Crippen molar-refractivity contribution in [3.63, 3.8) is 0 Å². The summed E-state index contributed by atoms with van der Waals surface area (Å²) in [5.74, 6) is 2.03. The number of carbonyl (C=O) groups excluding carboxylic acids is 1. The highest BCUT2D eigenvalue weighted by molar-refractivity contribution is 6.32. The topological polar surface area (TPSA) is 110 Å². The molecule has 4 aromatic rings. The van der Waals surface area contributed by atoms with E-state index >= 15 is 0 Å². The molecule has 2 aromatic carbocycles. The summed E-state index contributed by atoms with van der Waals surface area (Å²) in [5, 5.41) is 3.71. The Morgan fingerprint density at radius 2 is 1.72 bits per heavy atom. The molecular formula is C25H24ClN5O5. The van der Waals surface area contributed by atoms with Gasteiger partial charge in [0, 0.05) is 30.7 Å². The number of nitrogens with one attached hydrogen (secondary N) is 1. The van der Waals surface area contributed by atoms with E-state index in [1.165, 1.54) is 27.5 Å². The first-order valence-electron chi connectivity index (χ1n) is 10.7. The summed E-state index contributed by atoms with van der Waals surface area (Å²) in [6.45, 7) is 0.347. The molecule has 0 unspecified atom stereocenters. The number of hydrogen-bond donors (Lipinski definition) is 1. The molecule has 0 amide bonds. The van der Waals surface area contributed by atoms with Gasteiger partial charge in [0.15, 0.2) is 17.3 Å². The molecule has 0 fully saturated rings. The van der Waals surface area contributed by atoms with Crippen molar-refractivity contribution in [2.45, 2.75) is 6.54 Å². The third-order valence-electron chi connectivity index (χ3n) is 5.36. The molecule has 0 saturated heterocycles. The zero-order chi connectivity index (χ0) is 25.7. The summed E-state index contributed by atoms with van der Waals surface area (Å²) in [4.78, 5) is 26.6. The maximum absolute atomic E-state index is 13.6. The lowest BCUT2D eigenvalue weighted by Crippen LogP contribution is -2.13. The summed E-state index contributed by atoms with van der Waals surface area (Å²) < 4.78 is 23.0. The highest BCUT2D eigenvalue weighted by Crippen LogP contribution is 2.39. The van der Waals surface area contributed by atoms with Gasteiger partial charge in [0.25, 0.3) is 0 Å². The Balaban J connectivity index is 1.73. The fourth-order valence-corrected chi connectivity index (χ4v) is 3.83. The van der Waals surface area contributed by atoms with Gasteiger partial charge in [-0.25, -0.2) is 9.97 Å². The zero-order valence-corrected chi connectivity index (χ0v) is 20.9. The van der Waals surface area contributed by atoms with Crippen LogP contribution in [0.1, 0.15) is 21.5 Å². The molecule has 2 heterocycles. The van der Waals surface area contributed by atoms with Crippen LogP contribution in [-0.4, -0.2) is 53.7 Å². The minimum atomic E-state index is -0.332. The molecule has 11 heteroatoms. The molecule has 36 heavy (non-hydrogen) atoms. The predicted molar refractivity (Wildman–Crippen MR) is 134 cm³/mol. The van der Waals surface area contributed by atoms with E-state index in [1.807, 2.05) is 6.07 Å². The fourth-order valence-electron chi connectivity index (χ4n) is 3.55. The quantitative estimate of drug-likeness (QED) is 0.314. The number of halogens is 1. The zero-order valence-electron chi connectivity index (χ0n) is 20.1. The third kappa shape index (κ3) is 5.03. The van der Waals surface area contributed by atoms with Crippen molar-refractivity contribution in [1.29, 1.82) is 0 Å². The predicted octanol–water partition coefficient (Wildman–Crippen LogP) is 4.19. The summed E-state index contributed by atoms with van der Waals surface area (Å²) in [6.07, 6.45) is 6.37. The number of rotatable bonds is 10. The van der Waals surface area contributed by atoms with Crippen LogP contribution in [0.2, 0.25) is 5.02 Å². The van der Waals surface area contributed by atoms with Gasteiger partial charge in [-0.1, -0.05) is 17.7 Å². The van der Waals surface area contributed by atoms with Gasteiger partial charge in [-0.05, 0) is 29.8 Å². The number of methoxy groups -OCH3 is 4. The van der Waals surface area contributed by atoms with E-state index in [0.717, 1.165) is 5.56 Å². The standard InChI is InChI=1S/C25H24ClN5O5/c1-33-19-6-5-15(9-18(19)26)12-28-24-17(13-29-25(30-24)31-8-7-27-14-31)22(32)16-10-20(34-2)23(36-4)21(11-16)35-3/h5-11,13-14H,12H2,1-4H3,(H,28,29,30). The first-order valence-corrected chi connectivity index (χ1v) is 11.1. The van der Waals surface area contributed by atoms with Crippen molar-refractivity contribution < 1.29 is 23.7 Å². The molecule has 10 nitrogen and oxygen atoms in total. The first-order chi connectivity index (χ1) is 17.5. The van der Waals surface area contributed by atoms with Crippen molar-refractivity contribution in [3.05, 3.63) is 77.0 Å². The van der Waals surface area contributed by atoms with Gasteiger partial charge in [-0.2, -0.15) is 4.98 Å². The van der Waals surface area contributed by atoms with Gasteiger partial charge < -0.3 is 24.3 Å². The Morgan fingerprint density at radius 3 is 2.31 bits per heavy atom. The Bertz CT molecular complexity index is 1350. The fraction of sp³-hybridized carbons (Fsp3) is 0.200. The molecule has 1 N–H and O–H groups in total. The molecule has 0 spiro atoms. The van der Waals surface area contributed by atoms with Crippen LogP contribution in [0.25, 0.3) is 5.95 Å². The smallest absolute Gasteiger partial charge is 0.236 e. The van der Waals surface area contributed by atoms with E-state index in [0.29, 0.717) is 51.9 Å². The highest BCUT2D eigenvalue weighted by Gasteiger charge is 2.22. The number of anilines is 1. The minimum absolute atomic E-state index is 0.257. The molecule has 2 aromatic heterocycles. The van der Waals surface area contributed by atoms with E-state index in [-0.39, 0.29) is 11.3 Å². The van der Waals surface area contributed by atoms with Crippen LogP contribution < -0.4 is 24.3 Å². The van der Waals surface area contributed by atoms with Crippen molar-refractivity contribution in [1.82, 2.24) is 19.5 Å². The van der Waals surface area contributed by atoms with E-state index < -0.39 is 0 Å². The number of carbonyl (C=O) groups is 1. The minimum Gasteiger partial charge on any atom is -0.495 e. The summed E-state index contributed by atoms with van der Waals surface area (Å²) in [6, 6.07) is 8.60. The lowest BCUT2D eigenvalue weighted by Gasteiger charge is -2.15. The summed E-state index contributed by atoms with van der Waals surface area (Å²) in [7, 11) is 6.03. The number of ketones is 1. The average Bonchev–Trinajstić information content (AvgIpc) is 3.45. The molecule has 0 atom stereocenters. The van der Waals surface area contributed by atoms with Crippen molar-refractivity contribution in [2.75, 3.05) is 33.8 Å². The van der Waals surface area contributed by atoms with Crippen LogP contribution in [0.15, 0.2) is 55.2 Å². The number of nitrogens with zero attached hydrogens (tertiary/aromatic N) is 4. The second-order valence-electron chi connectivity index (χ2n) is 7.47. The van der Waals surface area contributed by atoms with E-state index in [2.05, 4.69) is 20.3 Å². The SMILES string of the molecule is COc1ccc(CNc2nc(-n3ccnc3)ncc2C(=O)c2cc(OC)c(OC)c(OC)c2)cc1Cl. The molecule has 0 aliphatic rings. The van der Waals surface area contributed by atoms with E-state index in [1.54, 1.807) is 54.7 Å². The highest BCUT2D eigenvalue weighted by atomic mass is 35.5. The van der Waals surface area contributed by atoms with Gasteiger partial charge in [-0.15, -0.1) is 0 Å². The number of imidazole rings is 1. The normalized spacial score (nSPS) is 10.6. The molecule has 0 aliphatic heterocycles. The van der Waals surface area contributed by atoms with Crippen LogP contribution in [0.4, 0.5) is 5.82 Å². The lowest BCUT2D eigenvalue weighted by molar-refractivity contribution is 0.103. The third-order valence-corrected chi connectivity index (χ3v) is 5.65. The monoisotopic (exact) mass is 509 g/mol. The summed E-state index contributed by atoms with van der Waals surface area (Å²) >= 11 is 6.27. The summed E-state index contributed by atoms with van der Waals surface area (Å²) in [5.41, 5.74) is 1.45.